The zero-order valence-electron chi connectivity index (χ0n) is 22.4. The molecular weight excluding hydrogens is 483 g/mol. The summed E-state index contributed by atoms with van der Waals surface area (Å²) in [5.41, 5.74) is 9.06. The van der Waals surface area contributed by atoms with Gasteiger partial charge in [-0.15, -0.1) is 0 Å². The Balaban J connectivity index is 1.35. The first-order chi connectivity index (χ1) is 17.2. The Morgan fingerprint density at radius 3 is 2.36 bits per heavy atom. The molecule has 1 saturated carbocycles. The first-order valence-electron chi connectivity index (χ1n) is 13.2. The maximum Gasteiger partial charge on any atom is 0.119 e. The van der Waals surface area contributed by atoms with Crippen LogP contribution < -0.4 is 0 Å². The van der Waals surface area contributed by atoms with Crippen LogP contribution in [0.25, 0.3) is 0 Å². The topological polar surface area (TPSA) is 29.5 Å². The first kappa shape index (κ1) is 27.2. The van der Waals surface area contributed by atoms with E-state index in [0.717, 1.165) is 42.1 Å². The van der Waals surface area contributed by atoms with Crippen LogP contribution in [-0.2, 0) is 17.1 Å². The van der Waals surface area contributed by atoms with Crippen molar-refractivity contribution >= 4 is 19.7 Å². The van der Waals surface area contributed by atoms with Crippen molar-refractivity contribution in [2.75, 3.05) is 13.3 Å². The molecule has 2 atom stereocenters. The van der Waals surface area contributed by atoms with E-state index in [-0.39, 0.29) is 0 Å². The van der Waals surface area contributed by atoms with Gasteiger partial charge in [0.05, 0.1) is 6.61 Å². The second-order valence-electron chi connectivity index (χ2n) is 10.8. The van der Waals surface area contributed by atoms with Crippen molar-refractivity contribution in [1.29, 1.82) is 0 Å². The normalized spacial score (nSPS) is 15.3. The molecule has 0 amide bonds. The fourth-order valence-electron chi connectivity index (χ4n) is 5.38. The van der Waals surface area contributed by atoms with Gasteiger partial charge in [0, 0.05) is 19.3 Å². The molecule has 0 radical (unpaired) electrons. The number of aromatic hydroxyl groups is 1. The van der Waals surface area contributed by atoms with E-state index >= 15 is 0 Å². The number of phenolic OH excluding ortho intramolecular Hbond substituents is 1. The number of phenols is 1. The number of rotatable bonds is 11. The van der Waals surface area contributed by atoms with Gasteiger partial charge in [-0.25, -0.2) is 0 Å². The summed E-state index contributed by atoms with van der Waals surface area (Å²) >= 11 is 6.26. The van der Waals surface area contributed by atoms with Gasteiger partial charge in [-0.2, -0.15) is 0 Å². The van der Waals surface area contributed by atoms with Crippen molar-refractivity contribution in [3.8, 4) is 5.75 Å². The Morgan fingerprint density at radius 2 is 1.72 bits per heavy atom. The van der Waals surface area contributed by atoms with E-state index in [1.54, 1.807) is 0 Å². The van der Waals surface area contributed by atoms with Crippen LogP contribution in [0.3, 0.4) is 0 Å². The second-order valence-corrected chi connectivity index (χ2v) is 13.1. The van der Waals surface area contributed by atoms with Gasteiger partial charge in [0.15, 0.2) is 0 Å². The number of halogens is 1. The SMILES string of the molecule is Cc1cc(CP(C)OCCC(c2cccc(Cl)c2)C2CC2)cc(C)c1Cc1ccc(O)c(C(C)C)c1. The zero-order chi connectivity index (χ0) is 25.8. The predicted octanol–water partition coefficient (Wildman–Crippen LogP) is 9.50. The molecule has 0 bridgehead atoms. The Labute approximate surface area is 223 Å². The highest BCUT2D eigenvalue weighted by Gasteiger charge is 2.32. The average Bonchev–Trinajstić information content (AvgIpc) is 3.65. The van der Waals surface area contributed by atoms with Gasteiger partial charge in [0.25, 0.3) is 0 Å². The van der Waals surface area contributed by atoms with Crippen LogP contribution in [0.2, 0.25) is 5.02 Å². The van der Waals surface area contributed by atoms with Crippen LogP contribution in [-0.4, -0.2) is 18.4 Å². The smallest absolute Gasteiger partial charge is 0.119 e. The average molecular weight is 523 g/mol. The summed E-state index contributed by atoms with van der Waals surface area (Å²) in [5.74, 6) is 2.05. The minimum absolute atomic E-state index is 0.309. The van der Waals surface area contributed by atoms with E-state index in [1.807, 2.05) is 18.2 Å². The first-order valence-corrected chi connectivity index (χ1v) is 15.5. The van der Waals surface area contributed by atoms with Crippen LogP contribution in [0.5, 0.6) is 5.75 Å². The molecule has 4 rings (SSSR count). The van der Waals surface area contributed by atoms with Gasteiger partial charge in [0.1, 0.15) is 5.75 Å². The third-order valence-corrected chi connectivity index (χ3v) is 9.13. The van der Waals surface area contributed by atoms with Gasteiger partial charge in [-0.05, 0) is 121 Å². The Hall–Kier alpha value is -1.86. The number of hydrogen-bond acceptors (Lipinski definition) is 2. The zero-order valence-corrected chi connectivity index (χ0v) is 24.0. The summed E-state index contributed by atoms with van der Waals surface area (Å²) in [7, 11) is -0.513. The maximum atomic E-state index is 10.2. The molecule has 3 aromatic carbocycles. The van der Waals surface area contributed by atoms with Crippen molar-refractivity contribution in [3.05, 3.63) is 98.6 Å². The highest BCUT2D eigenvalue weighted by molar-refractivity contribution is 7.50. The molecule has 1 fully saturated rings. The van der Waals surface area contributed by atoms with E-state index < -0.39 is 8.15 Å². The lowest BCUT2D eigenvalue weighted by atomic mass is 9.91. The molecule has 1 N–H and O–H groups in total. The van der Waals surface area contributed by atoms with Gasteiger partial charge in [0.2, 0.25) is 0 Å². The van der Waals surface area contributed by atoms with Gasteiger partial charge in [-0.1, -0.05) is 61.8 Å². The standard InChI is InChI=1S/C32H40ClO2P/c1-21(2)30-17-24(9-12-32(30)34)18-31-22(3)15-25(16-23(31)4)20-36(5)35-14-13-29(26-10-11-26)27-7-6-8-28(33)19-27/h6-9,12,15-17,19,21,26,29,34H,10-11,13-14,18,20H2,1-5H3. The highest BCUT2D eigenvalue weighted by atomic mass is 35.5. The van der Waals surface area contributed by atoms with Crippen molar-refractivity contribution in [3.63, 3.8) is 0 Å². The van der Waals surface area contributed by atoms with E-state index in [1.165, 1.54) is 46.2 Å². The Kier molecular flexibility index (Phi) is 9.15. The summed E-state index contributed by atoms with van der Waals surface area (Å²) in [6, 6.07) is 19.1. The maximum absolute atomic E-state index is 10.2. The Bertz CT molecular complexity index is 1160. The summed E-state index contributed by atoms with van der Waals surface area (Å²) in [6.07, 6.45) is 5.60. The molecule has 0 heterocycles. The largest absolute Gasteiger partial charge is 0.508 e. The van der Waals surface area contributed by atoms with Crippen molar-refractivity contribution in [1.82, 2.24) is 0 Å². The quantitative estimate of drug-likeness (QED) is 0.254. The van der Waals surface area contributed by atoms with E-state index in [0.29, 0.717) is 17.6 Å². The molecule has 1 aliphatic rings. The molecule has 0 spiro atoms. The molecule has 2 nitrogen and oxygen atoms in total. The highest BCUT2D eigenvalue weighted by Crippen LogP contribution is 2.46. The molecule has 2 unspecified atom stereocenters. The lowest BCUT2D eigenvalue weighted by Gasteiger charge is -2.20. The van der Waals surface area contributed by atoms with Gasteiger partial charge in [-0.3, -0.25) is 0 Å². The van der Waals surface area contributed by atoms with Crippen LogP contribution in [0.4, 0.5) is 0 Å². The van der Waals surface area contributed by atoms with Crippen molar-refractivity contribution in [2.24, 2.45) is 5.92 Å². The van der Waals surface area contributed by atoms with E-state index in [9.17, 15) is 5.11 Å². The van der Waals surface area contributed by atoms with Crippen molar-refractivity contribution < 1.29 is 9.63 Å². The van der Waals surface area contributed by atoms with Gasteiger partial charge >= 0.3 is 0 Å². The lowest BCUT2D eigenvalue weighted by molar-refractivity contribution is 0.320. The van der Waals surface area contributed by atoms with Crippen LogP contribution in [0.15, 0.2) is 54.6 Å². The van der Waals surface area contributed by atoms with Crippen LogP contribution in [0.1, 0.15) is 83.9 Å². The van der Waals surface area contributed by atoms with E-state index in [2.05, 4.69) is 70.8 Å². The number of benzene rings is 3. The van der Waals surface area contributed by atoms with Gasteiger partial charge < -0.3 is 9.63 Å². The second kappa shape index (κ2) is 12.1. The molecule has 4 heteroatoms. The van der Waals surface area contributed by atoms with Crippen LogP contribution in [0, 0.1) is 19.8 Å². The molecule has 192 valence electrons. The summed E-state index contributed by atoms with van der Waals surface area (Å²) in [4.78, 5) is 0. The van der Waals surface area contributed by atoms with E-state index in [4.69, 9.17) is 16.1 Å². The fraction of sp³-hybridized carbons (Fsp3) is 0.438. The fourth-order valence-corrected chi connectivity index (χ4v) is 6.79. The monoisotopic (exact) mass is 522 g/mol. The summed E-state index contributed by atoms with van der Waals surface area (Å²) < 4.78 is 6.37. The third kappa shape index (κ3) is 7.12. The molecule has 0 aromatic heterocycles. The minimum Gasteiger partial charge on any atom is -0.508 e. The van der Waals surface area contributed by atoms with Crippen LogP contribution >= 0.6 is 19.7 Å². The third-order valence-electron chi connectivity index (χ3n) is 7.46. The number of aryl methyl sites for hydroxylation is 2. The molecular formula is C32H40ClO2P. The summed E-state index contributed by atoms with van der Waals surface area (Å²) in [5, 5.41) is 11.0. The minimum atomic E-state index is -0.513. The van der Waals surface area contributed by atoms with Crippen molar-refractivity contribution in [2.45, 2.75) is 71.4 Å². The lowest BCUT2D eigenvalue weighted by Crippen LogP contribution is -2.05. The molecule has 3 aromatic rings. The molecule has 0 aliphatic heterocycles. The predicted molar refractivity (Wildman–Crippen MR) is 155 cm³/mol. The molecule has 36 heavy (non-hydrogen) atoms. The summed E-state index contributed by atoms with van der Waals surface area (Å²) in [6.45, 7) is 11.8. The Morgan fingerprint density at radius 1 is 1.00 bits per heavy atom. The molecule has 0 saturated heterocycles. The molecule has 1 aliphatic carbocycles. The number of hydrogen-bond donors (Lipinski definition) is 1.